The van der Waals surface area contributed by atoms with Crippen molar-refractivity contribution in [1.82, 2.24) is 4.31 Å². The number of morpholine rings is 1. The number of hydrogen-bond acceptors (Lipinski definition) is 4. The molecular formula is C18H18FNO4S. The van der Waals surface area contributed by atoms with E-state index in [-0.39, 0.29) is 30.4 Å². The van der Waals surface area contributed by atoms with Crippen LogP contribution in [0.15, 0.2) is 53.4 Å². The van der Waals surface area contributed by atoms with Crippen molar-refractivity contribution in [2.75, 3.05) is 19.7 Å². The monoisotopic (exact) mass is 363 g/mol. The molecule has 7 heteroatoms. The van der Waals surface area contributed by atoms with Gasteiger partial charge in [0.2, 0.25) is 10.0 Å². The Balaban J connectivity index is 1.85. The van der Waals surface area contributed by atoms with Crippen LogP contribution in [0.5, 0.6) is 0 Å². The summed E-state index contributed by atoms with van der Waals surface area (Å²) in [6.45, 7) is 1.84. The Kier molecular flexibility index (Phi) is 4.99. The summed E-state index contributed by atoms with van der Waals surface area (Å²) in [5, 5.41) is 0. The molecule has 1 saturated heterocycles. The quantitative estimate of drug-likeness (QED) is 0.784. The number of sulfonamides is 1. The molecule has 0 N–H and O–H groups in total. The summed E-state index contributed by atoms with van der Waals surface area (Å²) in [5.74, 6) is -0.549. The van der Waals surface area contributed by atoms with Gasteiger partial charge in [-0.05, 0) is 25.1 Å². The summed E-state index contributed by atoms with van der Waals surface area (Å²) in [6, 6.07) is 12.0. The first kappa shape index (κ1) is 17.7. The van der Waals surface area contributed by atoms with Gasteiger partial charge in [-0.25, -0.2) is 12.8 Å². The minimum Gasteiger partial charge on any atom is -0.371 e. The normalized spacial score (nSPS) is 18.9. The second-order valence-corrected chi connectivity index (χ2v) is 7.76. The smallest absolute Gasteiger partial charge is 0.243 e. The van der Waals surface area contributed by atoms with Crippen molar-refractivity contribution in [3.8, 4) is 0 Å². The third kappa shape index (κ3) is 3.63. The molecule has 3 rings (SSSR count). The summed E-state index contributed by atoms with van der Waals surface area (Å²) >= 11 is 0. The maximum atomic E-state index is 14.0. The Morgan fingerprint density at radius 3 is 2.48 bits per heavy atom. The number of halogens is 1. The van der Waals surface area contributed by atoms with E-state index >= 15 is 0 Å². The maximum absolute atomic E-state index is 14.0. The van der Waals surface area contributed by atoms with Crippen molar-refractivity contribution in [3.05, 3.63) is 65.5 Å². The van der Waals surface area contributed by atoms with Crippen LogP contribution in [0.4, 0.5) is 4.39 Å². The number of Topliss-reactive ketones (excluding diaryl/α,β-unsaturated/α-hetero) is 1. The van der Waals surface area contributed by atoms with Crippen LogP contribution in [0.3, 0.4) is 0 Å². The van der Waals surface area contributed by atoms with E-state index in [0.29, 0.717) is 11.1 Å². The maximum Gasteiger partial charge on any atom is 0.243 e. The number of carbonyl (C=O) groups excluding carboxylic acids is 1. The van der Waals surface area contributed by atoms with E-state index in [1.807, 2.05) is 0 Å². The first-order valence-electron chi connectivity index (χ1n) is 7.87. The molecule has 0 aliphatic carbocycles. The summed E-state index contributed by atoms with van der Waals surface area (Å²) in [6.07, 6.45) is -0.652. The molecule has 0 aromatic heterocycles. The number of rotatable bonds is 4. The number of hydrogen-bond donors (Lipinski definition) is 0. The molecule has 1 heterocycles. The average Bonchev–Trinajstić information content (AvgIpc) is 2.62. The lowest BCUT2D eigenvalue weighted by Gasteiger charge is -2.32. The highest BCUT2D eigenvalue weighted by atomic mass is 32.2. The van der Waals surface area contributed by atoms with E-state index in [4.69, 9.17) is 4.74 Å². The van der Waals surface area contributed by atoms with Gasteiger partial charge in [-0.2, -0.15) is 4.31 Å². The van der Waals surface area contributed by atoms with Gasteiger partial charge < -0.3 is 4.74 Å². The molecule has 5 nitrogen and oxygen atoms in total. The molecule has 1 unspecified atom stereocenters. The summed E-state index contributed by atoms with van der Waals surface area (Å²) < 4.78 is 46.5. The molecule has 1 aliphatic rings. The number of ether oxygens (including phenoxy) is 1. The van der Waals surface area contributed by atoms with Gasteiger partial charge in [0, 0.05) is 24.2 Å². The van der Waals surface area contributed by atoms with Gasteiger partial charge in [-0.1, -0.05) is 30.3 Å². The van der Waals surface area contributed by atoms with E-state index in [0.717, 1.165) is 0 Å². The minimum absolute atomic E-state index is 0.0394. The summed E-state index contributed by atoms with van der Waals surface area (Å²) in [4.78, 5) is 11.4. The minimum atomic E-state index is -3.74. The average molecular weight is 363 g/mol. The summed E-state index contributed by atoms with van der Waals surface area (Å²) in [5.41, 5.74) is 0.791. The van der Waals surface area contributed by atoms with Crippen molar-refractivity contribution in [3.63, 3.8) is 0 Å². The van der Waals surface area contributed by atoms with Crippen LogP contribution in [0.25, 0.3) is 0 Å². The molecule has 0 saturated carbocycles. The zero-order chi connectivity index (χ0) is 18.0. The van der Waals surface area contributed by atoms with Crippen molar-refractivity contribution < 1.29 is 22.3 Å². The van der Waals surface area contributed by atoms with E-state index in [1.54, 1.807) is 18.2 Å². The van der Waals surface area contributed by atoms with Crippen LogP contribution in [0.2, 0.25) is 0 Å². The first-order chi connectivity index (χ1) is 11.9. The number of ketones is 1. The molecule has 2 aromatic rings. The fourth-order valence-corrected chi connectivity index (χ4v) is 4.20. The Hall–Kier alpha value is -2.09. The molecule has 132 valence electrons. The molecule has 2 aromatic carbocycles. The number of carbonyl (C=O) groups is 1. The molecule has 1 aliphatic heterocycles. The van der Waals surface area contributed by atoms with Gasteiger partial charge in [0.05, 0.1) is 17.6 Å². The van der Waals surface area contributed by atoms with Gasteiger partial charge in [0.15, 0.2) is 5.78 Å². The van der Waals surface area contributed by atoms with E-state index in [2.05, 4.69) is 0 Å². The molecule has 1 fully saturated rings. The fourth-order valence-electron chi connectivity index (χ4n) is 2.78. The lowest BCUT2D eigenvalue weighted by Crippen LogP contribution is -2.42. The van der Waals surface area contributed by atoms with Crippen molar-refractivity contribution >= 4 is 15.8 Å². The van der Waals surface area contributed by atoms with Crippen LogP contribution in [0, 0.1) is 5.82 Å². The topological polar surface area (TPSA) is 63.7 Å². The Bertz CT molecular complexity index is 880. The zero-order valence-corrected chi connectivity index (χ0v) is 14.5. The van der Waals surface area contributed by atoms with Crippen molar-refractivity contribution in [2.24, 2.45) is 0 Å². The fraction of sp³-hybridized carbons (Fsp3) is 0.278. The van der Waals surface area contributed by atoms with E-state index in [1.165, 1.54) is 41.6 Å². The first-order valence-corrected chi connectivity index (χ1v) is 9.31. The van der Waals surface area contributed by atoms with Crippen LogP contribution < -0.4 is 0 Å². The largest absolute Gasteiger partial charge is 0.371 e. The molecule has 25 heavy (non-hydrogen) atoms. The Morgan fingerprint density at radius 1 is 1.16 bits per heavy atom. The molecule has 0 bridgehead atoms. The van der Waals surface area contributed by atoms with Gasteiger partial charge in [0.25, 0.3) is 0 Å². The molecule has 0 spiro atoms. The molecule has 0 amide bonds. The molecule has 0 radical (unpaired) electrons. The van der Waals surface area contributed by atoms with E-state index < -0.39 is 21.9 Å². The van der Waals surface area contributed by atoms with Crippen LogP contribution in [-0.2, 0) is 14.8 Å². The molecule has 1 atom stereocenters. The standard InChI is InChI=1S/C18H18FNO4S/c1-13(21)14-6-8-15(9-7-14)25(22,23)20-10-11-24-18(12-20)16-4-2-3-5-17(16)19/h2-9,18H,10-12H2,1H3. The van der Waals surface area contributed by atoms with Crippen LogP contribution in [0.1, 0.15) is 28.9 Å². The Morgan fingerprint density at radius 2 is 1.84 bits per heavy atom. The number of nitrogens with zero attached hydrogens (tertiary/aromatic N) is 1. The zero-order valence-electron chi connectivity index (χ0n) is 13.7. The number of benzene rings is 2. The van der Waals surface area contributed by atoms with Crippen LogP contribution >= 0.6 is 0 Å². The second-order valence-electron chi connectivity index (χ2n) is 5.82. The Labute approximate surface area is 146 Å². The lowest BCUT2D eigenvalue weighted by atomic mass is 10.1. The predicted molar refractivity (Wildman–Crippen MR) is 90.3 cm³/mol. The SMILES string of the molecule is CC(=O)c1ccc(S(=O)(=O)N2CCOC(c3ccccc3F)C2)cc1. The summed E-state index contributed by atoms with van der Waals surface area (Å²) in [7, 11) is -3.74. The highest BCUT2D eigenvalue weighted by molar-refractivity contribution is 7.89. The van der Waals surface area contributed by atoms with Gasteiger partial charge in [0.1, 0.15) is 5.82 Å². The van der Waals surface area contributed by atoms with E-state index in [9.17, 15) is 17.6 Å². The van der Waals surface area contributed by atoms with Crippen molar-refractivity contribution in [1.29, 1.82) is 0 Å². The van der Waals surface area contributed by atoms with Gasteiger partial charge >= 0.3 is 0 Å². The molecular weight excluding hydrogens is 345 g/mol. The highest BCUT2D eigenvalue weighted by Gasteiger charge is 2.32. The second kappa shape index (κ2) is 7.03. The predicted octanol–water partition coefficient (Wildman–Crippen LogP) is 2.79. The van der Waals surface area contributed by atoms with Crippen LogP contribution in [-0.4, -0.2) is 38.2 Å². The highest BCUT2D eigenvalue weighted by Crippen LogP contribution is 2.28. The lowest BCUT2D eigenvalue weighted by molar-refractivity contribution is -0.00442. The third-order valence-corrected chi connectivity index (χ3v) is 6.06. The third-order valence-electron chi connectivity index (χ3n) is 4.18. The van der Waals surface area contributed by atoms with Crippen molar-refractivity contribution in [2.45, 2.75) is 17.9 Å². The van der Waals surface area contributed by atoms with Gasteiger partial charge in [-0.3, -0.25) is 4.79 Å². The van der Waals surface area contributed by atoms with Gasteiger partial charge in [-0.15, -0.1) is 0 Å².